The monoisotopic (exact) mass is 203 g/mol. The summed E-state index contributed by atoms with van der Waals surface area (Å²) in [6.45, 7) is -0.0416. The fourth-order valence-electron chi connectivity index (χ4n) is 1.42. The third-order valence-electron chi connectivity index (χ3n) is 2.31. The van der Waals surface area contributed by atoms with Crippen molar-refractivity contribution in [3.05, 3.63) is 42.2 Å². The lowest BCUT2D eigenvalue weighted by atomic mass is 10.1. The molecule has 0 aliphatic carbocycles. The molecule has 2 aromatic rings. The molecule has 4 nitrogen and oxygen atoms in total. The Labute approximate surface area is 87.8 Å². The molecule has 15 heavy (non-hydrogen) atoms. The van der Waals surface area contributed by atoms with Crippen LogP contribution >= 0.6 is 0 Å². The standard InChI is InChI=1S/C11H13N3O/c12-10(7-15)8-1-3-9(4-2-8)11-13-5-6-14-11/h1-6,10,15H,7,12H2,(H,13,14). The number of aromatic nitrogens is 2. The van der Waals surface area contributed by atoms with Crippen molar-refractivity contribution in [3.63, 3.8) is 0 Å². The van der Waals surface area contributed by atoms with Crippen LogP contribution in [0.3, 0.4) is 0 Å². The number of nitrogens with two attached hydrogens (primary N) is 1. The van der Waals surface area contributed by atoms with Gasteiger partial charge in [-0.25, -0.2) is 4.98 Å². The maximum absolute atomic E-state index is 8.90. The minimum Gasteiger partial charge on any atom is -0.394 e. The summed E-state index contributed by atoms with van der Waals surface area (Å²) in [4.78, 5) is 7.17. The van der Waals surface area contributed by atoms with Gasteiger partial charge >= 0.3 is 0 Å². The first-order valence-corrected chi connectivity index (χ1v) is 4.77. The third-order valence-corrected chi connectivity index (χ3v) is 2.31. The molecule has 4 heteroatoms. The molecule has 1 aromatic carbocycles. The number of rotatable bonds is 3. The second kappa shape index (κ2) is 4.25. The Balaban J connectivity index is 2.25. The first kappa shape index (κ1) is 9.89. The molecule has 1 atom stereocenters. The molecule has 2 rings (SSSR count). The highest BCUT2D eigenvalue weighted by Crippen LogP contribution is 2.17. The second-order valence-electron chi connectivity index (χ2n) is 3.35. The van der Waals surface area contributed by atoms with E-state index in [1.165, 1.54) is 0 Å². The molecule has 0 aliphatic heterocycles. The largest absolute Gasteiger partial charge is 0.394 e. The second-order valence-corrected chi connectivity index (χ2v) is 3.35. The van der Waals surface area contributed by atoms with Gasteiger partial charge in [-0.15, -0.1) is 0 Å². The number of aliphatic hydroxyl groups is 1. The lowest BCUT2D eigenvalue weighted by Gasteiger charge is -2.08. The van der Waals surface area contributed by atoms with Gasteiger partial charge < -0.3 is 15.8 Å². The maximum atomic E-state index is 8.90. The number of aliphatic hydroxyl groups excluding tert-OH is 1. The fourth-order valence-corrected chi connectivity index (χ4v) is 1.42. The normalized spacial score (nSPS) is 12.7. The summed E-state index contributed by atoms with van der Waals surface area (Å²) in [6, 6.07) is 7.36. The zero-order valence-corrected chi connectivity index (χ0v) is 8.22. The number of H-pyrrole nitrogens is 1. The number of hydrogen-bond donors (Lipinski definition) is 3. The molecular weight excluding hydrogens is 190 g/mol. The summed E-state index contributed by atoms with van der Waals surface area (Å²) in [5, 5.41) is 8.90. The van der Waals surface area contributed by atoms with Crippen molar-refractivity contribution in [3.8, 4) is 11.4 Å². The van der Waals surface area contributed by atoms with Crippen LogP contribution in [0, 0.1) is 0 Å². The van der Waals surface area contributed by atoms with E-state index in [-0.39, 0.29) is 12.6 Å². The Morgan fingerprint density at radius 2 is 2.07 bits per heavy atom. The van der Waals surface area contributed by atoms with E-state index >= 15 is 0 Å². The first-order valence-electron chi connectivity index (χ1n) is 4.77. The minimum atomic E-state index is -0.310. The molecule has 0 bridgehead atoms. The lowest BCUT2D eigenvalue weighted by Crippen LogP contribution is -2.14. The predicted octanol–water partition coefficient (Wildman–Crippen LogP) is 1.07. The molecule has 4 N–H and O–H groups in total. The van der Waals surface area contributed by atoms with Gasteiger partial charge in [-0.3, -0.25) is 0 Å². The van der Waals surface area contributed by atoms with Crippen LogP contribution in [0.1, 0.15) is 11.6 Å². The average Bonchev–Trinajstić information content (AvgIpc) is 2.82. The number of benzene rings is 1. The smallest absolute Gasteiger partial charge is 0.137 e. The van der Waals surface area contributed by atoms with E-state index in [2.05, 4.69) is 9.97 Å². The lowest BCUT2D eigenvalue weighted by molar-refractivity contribution is 0.268. The summed E-state index contributed by atoms with van der Waals surface area (Å²) < 4.78 is 0. The third kappa shape index (κ3) is 2.06. The van der Waals surface area contributed by atoms with E-state index in [0.717, 1.165) is 17.0 Å². The number of nitrogens with zero attached hydrogens (tertiary/aromatic N) is 1. The number of imidazole rings is 1. The van der Waals surface area contributed by atoms with Crippen LogP contribution in [0.15, 0.2) is 36.7 Å². The molecule has 78 valence electrons. The van der Waals surface area contributed by atoms with E-state index in [0.29, 0.717) is 0 Å². The number of hydrogen-bond acceptors (Lipinski definition) is 3. The van der Waals surface area contributed by atoms with Gasteiger partial charge in [-0.05, 0) is 5.56 Å². The van der Waals surface area contributed by atoms with Gasteiger partial charge in [0.1, 0.15) is 5.82 Å². The fraction of sp³-hybridized carbons (Fsp3) is 0.182. The summed E-state index contributed by atoms with van der Waals surface area (Å²) in [7, 11) is 0. The Kier molecular flexibility index (Phi) is 2.80. The first-order chi connectivity index (χ1) is 7.31. The van der Waals surface area contributed by atoms with Gasteiger partial charge in [0.05, 0.1) is 12.6 Å². The van der Waals surface area contributed by atoms with Crippen LogP contribution in [-0.2, 0) is 0 Å². The van der Waals surface area contributed by atoms with Crippen molar-refractivity contribution >= 4 is 0 Å². The quantitative estimate of drug-likeness (QED) is 0.698. The van der Waals surface area contributed by atoms with E-state index in [1.807, 2.05) is 24.3 Å². The topological polar surface area (TPSA) is 74.9 Å². The maximum Gasteiger partial charge on any atom is 0.137 e. The molecule has 1 unspecified atom stereocenters. The zero-order chi connectivity index (χ0) is 10.7. The molecule has 0 fully saturated rings. The van der Waals surface area contributed by atoms with Crippen molar-refractivity contribution in [2.24, 2.45) is 5.73 Å². The van der Waals surface area contributed by atoms with Crippen LogP contribution in [-0.4, -0.2) is 21.7 Å². The van der Waals surface area contributed by atoms with Gasteiger partial charge in [0.2, 0.25) is 0 Å². The van der Waals surface area contributed by atoms with Crippen molar-refractivity contribution < 1.29 is 5.11 Å². The highest BCUT2D eigenvalue weighted by atomic mass is 16.3. The van der Waals surface area contributed by atoms with Gasteiger partial charge in [0, 0.05) is 18.0 Å². The van der Waals surface area contributed by atoms with Crippen molar-refractivity contribution in [1.82, 2.24) is 9.97 Å². The van der Waals surface area contributed by atoms with E-state index in [9.17, 15) is 0 Å². The van der Waals surface area contributed by atoms with Gasteiger partial charge in [0.15, 0.2) is 0 Å². The summed E-state index contributed by atoms with van der Waals surface area (Å²) in [5.74, 6) is 0.833. The summed E-state index contributed by atoms with van der Waals surface area (Å²) in [5.41, 5.74) is 7.62. The predicted molar refractivity (Wildman–Crippen MR) is 58.0 cm³/mol. The van der Waals surface area contributed by atoms with E-state index in [1.54, 1.807) is 12.4 Å². The minimum absolute atomic E-state index is 0.0416. The number of nitrogens with one attached hydrogen (secondary N) is 1. The van der Waals surface area contributed by atoms with Crippen molar-refractivity contribution in [2.45, 2.75) is 6.04 Å². The van der Waals surface area contributed by atoms with Gasteiger partial charge in [-0.1, -0.05) is 24.3 Å². The van der Waals surface area contributed by atoms with Crippen molar-refractivity contribution in [2.75, 3.05) is 6.61 Å². The Morgan fingerprint density at radius 1 is 1.33 bits per heavy atom. The van der Waals surface area contributed by atoms with Gasteiger partial charge in [-0.2, -0.15) is 0 Å². The van der Waals surface area contributed by atoms with Crippen LogP contribution in [0.2, 0.25) is 0 Å². The Hall–Kier alpha value is -1.65. The highest BCUT2D eigenvalue weighted by Gasteiger charge is 2.04. The molecule has 1 aromatic heterocycles. The molecule has 1 heterocycles. The highest BCUT2D eigenvalue weighted by molar-refractivity contribution is 5.55. The Bertz CT molecular complexity index is 408. The SMILES string of the molecule is NC(CO)c1ccc(-c2ncc[nH]2)cc1. The van der Waals surface area contributed by atoms with Crippen LogP contribution in [0.4, 0.5) is 0 Å². The molecule has 0 spiro atoms. The molecule has 0 saturated heterocycles. The molecule has 0 aliphatic rings. The average molecular weight is 203 g/mol. The van der Waals surface area contributed by atoms with Crippen LogP contribution in [0.25, 0.3) is 11.4 Å². The van der Waals surface area contributed by atoms with E-state index < -0.39 is 0 Å². The molecule has 0 amide bonds. The van der Waals surface area contributed by atoms with Gasteiger partial charge in [0.25, 0.3) is 0 Å². The molecule has 0 saturated carbocycles. The van der Waals surface area contributed by atoms with Crippen LogP contribution < -0.4 is 5.73 Å². The molecular formula is C11H13N3O. The van der Waals surface area contributed by atoms with Crippen molar-refractivity contribution in [1.29, 1.82) is 0 Å². The summed E-state index contributed by atoms with van der Waals surface area (Å²) in [6.07, 6.45) is 3.49. The molecule has 0 radical (unpaired) electrons. The van der Waals surface area contributed by atoms with Crippen LogP contribution in [0.5, 0.6) is 0 Å². The zero-order valence-electron chi connectivity index (χ0n) is 8.22. The summed E-state index contributed by atoms with van der Waals surface area (Å²) >= 11 is 0. The van der Waals surface area contributed by atoms with E-state index in [4.69, 9.17) is 10.8 Å². The number of aromatic amines is 1. The Morgan fingerprint density at radius 3 is 2.60 bits per heavy atom.